The average molecular weight is 228 g/mol. The highest BCUT2D eigenvalue weighted by Gasteiger charge is 2.20. The van der Waals surface area contributed by atoms with Crippen LogP contribution in [0.2, 0.25) is 0 Å². The normalized spacial score (nSPS) is 18.6. The smallest absolute Gasteiger partial charge is 0.237 e. The molecular weight excluding hydrogens is 200 g/mol. The first kappa shape index (κ1) is 15.4. The number of carbonyl (C=O) groups excluding carboxylic acids is 1. The Labute approximate surface area is 100 Å². The summed E-state index contributed by atoms with van der Waals surface area (Å²) in [4.78, 5) is 11.8. The molecule has 96 valence electrons. The molecule has 16 heavy (non-hydrogen) atoms. The Bertz CT molecular complexity index is 206. The Morgan fingerprint density at radius 2 is 1.75 bits per heavy atom. The molecular formula is C13H28N2O. The lowest BCUT2D eigenvalue weighted by molar-refractivity contribution is -0.124. The topological polar surface area (TPSA) is 55.1 Å². The molecule has 0 spiro atoms. The molecule has 0 heterocycles. The molecule has 3 heteroatoms. The van der Waals surface area contributed by atoms with Crippen molar-refractivity contribution in [3.63, 3.8) is 0 Å². The molecule has 0 saturated carbocycles. The van der Waals surface area contributed by atoms with E-state index in [1.807, 2.05) is 13.8 Å². The van der Waals surface area contributed by atoms with Gasteiger partial charge < -0.3 is 11.1 Å². The lowest BCUT2D eigenvalue weighted by Gasteiger charge is -2.22. The number of nitrogens with one attached hydrogen (secondary N) is 1. The zero-order valence-corrected chi connectivity index (χ0v) is 11.4. The largest absolute Gasteiger partial charge is 0.352 e. The lowest BCUT2D eigenvalue weighted by Crippen LogP contribution is -2.47. The van der Waals surface area contributed by atoms with Crippen molar-refractivity contribution >= 4 is 5.91 Å². The molecule has 0 aliphatic carbocycles. The first-order valence-electron chi connectivity index (χ1n) is 6.48. The molecule has 0 saturated heterocycles. The number of amides is 1. The van der Waals surface area contributed by atoms with E-state index in [2.05, 4.69) is 26.1 Å². The van der Waals surface area contributed by atoms with Gasteiger partial charge >= 0.3 is 0 Å². The molecule has 3 N–H and O–H groups in total. The van der Waals surface area contributed by atoms with Gasteiger partial charge in [-0.05, 0) is 25.2 Å². The predicted molar refractivity (Wildman–Crippen MR) is 69.1 cm³/mol. The molecule has 0 fully saturated rings. The second kappa shape index (κ2) is 7.66. The predicted octanol–water partition coefficient (Wildman–Crippen LogP) is 2.30. The molecule has 0 rings (SSSR count). The van der Waals surface area contributed by atoms with Crippen LogP contribution in [0.25, 0.3) is 0 Å². The van der Waals surface area contributed by atoms with E-state index < -0.39 is 0 Å². The Balaban J connectivity index is 4.03. The van der Waals surface area contributed by atoms with E-state index >= 15 is 0 Å². The zero-order chi connectivity index (χ0) is 12.7. The van der Waals surface area contributed by atoms with Crippen molar-refractivity contribution < 1.29 is 4.79 Å². The van der Waals surface area contributed by atoms with Gasteiger partial charge in [0.05, 0.1) is 6.04 Å². The Morgan fingerprint density at radius 1 is 1.19 bits per heavy atom. The van der Waals surface area contributed by atoms with Gasteiger partial charge in [-0.25, -0.2) is 0 Å². The second-order valence-electron chi connectivity index (χ2n) is 5.07. The SMILES string of the molecule is CCC(C)CC(C)NC(=O)C(N)C(C)CC. The molecule has 0 bridgehead atoms. The van der Waals surface area contributed by atoms with Crippen molar-refractivity contribution in [1.29, 1.82) is 0 Å². The lowest BCUT2D eigenvalue weighted by atomic mass is 9.97. The van der Waals surface area contributed by atoms with E-state index in [-0.39, 0.29) is 23.9 Å². The van der Waals surface area contributed by atoms with Crippen LogP contribution in [0.5, 0.6) is 0 Å². The van der Waals surface area contributed by atoms with Gasteiger partial charge in [0.2, 0.25) is 5.91 Å². The molecule has 0 aliphatic rings. The van der Waals surface area contributed by atoms with Crippen LogP contribution < -0.4 is 11.1 Å². The number of nitrogens with two attached hydrogens (primary N) is 1. The molecule has 3 nitrogen and oxygen atoms in total. The highest BCUT2D eigenvalue weighted by atomic mass is 16.2. The fraction of sp³-hybridized carbons (Fsp3) is 0.923. The molecule has 0 aromatic carbocycles. The third-order valence-corrected chi connectivity index (χ3v) is 3.40. The number of rotatable bonds is 7. The van der Waals surface area contributed by atoms with E-state index in [0.29, 0.717) is 5.92 Å². The van der Waals surface area contributed by atoms with Crippen molar-refractivity contribution in [2.45, 2.75) is 66.0 Å². The first-order chi connectivity index (χ1) is 7.42. The Morgan fingerprint density at radius 3 is 2.19 bits per heavy atom. The van der Waals surface area contributed by atoms with Gasteiger partial charge in [-0.1, -0.05) is 40.5 Å². The Kier molecular flexibility index (Phi) is 7.39. The highest BCUT2D eigenvalue weighted by molar-refractivity contribution is 5.82. The molecule has 4 unspecified atom stereocenters. The van der Waals surface area contributed by atoms with Crippen LogP contribution >= 0.6 is 0 Å². The monoisotopic (exact) mass is 228 g/mol. The van der Waals surface area contributed by atoms with E-state index in [4.69, 9.17) is 5.73 Å². The minimum Gasteiger partial charge on any atom is -0.352 e. The van der Waals surface area contributed by atoms with Gasteiger partial charge in [-0.2, -0.15) is 0 Å². The summed E-state index contributed by atoms with van der Waals surface area (Å²) in [6.07, 6.45) is 3.11. The summed E-state index contributed by atoms with van der Waals surface area (Å²) in [5.74, 6) is 0.885. The summed E-state index contributed by atoms with van der Waals surface area (Å²) in [7, 11) is 0. The van der Waals surface area contributed by atoms with Gasteiger partial charge in [0, 0.05) is 6.04 Å². The van der Waals surface area contributed by atoms with Gasteiger partial charge in [0.1, 0.15) is 0 Å². The van der Waals surface area contributed by atoms with Crippen LogP contribution in [0.1, 0.15) is 53.9 Å². The number of hydrogen-bond donors (Lipinski definition) is 2. The van der Waals surface area contributed by atoms with Gasteiger partial charge in [-0.3, -0.25) is 4.79 Å². The van der Waals surface area contributed by atoms with Crippen LogP contribution in [-0.4, -0.2) is 18.0 Å². The fourth-order valence-corrected chi connectivity index (χ4v) is 1.68. The van der Waals surface area contributed by atoms with Crippen molar-refractivity contribution in [2.24, 2.45) is 17.6 Å². The summed E-state index contributed by atoms with van der Waals surface area (Å²) in [6.45, 7) is 10.5. The van der Waals surface area contributed by atoms with E-state index in [1.165, 1.54) is 0 Å². The van der Waals surface area contributed by atoms with Crippen molar-refractivity contribution in [3.8, 4) is 0 Å². The van der Waals surface area contributed by atoms with Crippen LogP contribution in [0.4, 0.5) is 0 Å². The maximum absolute atomic E-state index is 11.8. The summed E-state index contributed by atoms with van der Waals surface area (Å²) in [5, 5.41) is 3.00. The van der Waals surface area contributed by atoms with Crippen molar-refractivity contribution in [1.82, 2.24) is 5.32 Å². The van der Waals surface area contributed by atoms with E-state index in [9.17, 15) is 4.79 Å². The van der Waals surface area contributed by atoms with Crippen molar-refractivity contribution in [2.75, 3.05) is 0 Å². The Hall–Kier alpha value is -0.570. The van der Waals surface area contributed by atoms with E-state index in [0.717, 1.165) is 19.3 Å². The zero-order valence-electron chi connectivity index (χ0n) is 11.4. The minimum absolute atomic E-state index is 0.00912. The maximum atomic E-state index is 11.8. The molecule has 0 aromatic rings. The van der Waals surface area contributed by atoms with Crippen molar-refractivity contribution in [3.05, 3.63) is 0 Å². The molecule has 0 aromatic heterocycles. The molecule has 0 aliphatic heterocycles. The minimum atomic E-state index is -0.371. The second-order valence-corrected chi connectivity index (χ2v) is 5.07. The van der Waals surface area contributed by atoms with E-state index in [1.54, 1.807) is 0 Å². The summed E-state index contributed by atoms with van der Waals surface area (Å²) >= 11 is 0. The van der Waals surface area contributed by atoms with Gasteiger partial charge in [-0.15, -0.1) is 0 Å². The molecule has 4 atom stereocenters. The van der Waals surface area contributed by atoms with Crippen LogP contribution in [-0.2, 0) is 4.79 Å². The molecule has 0 radical (unpaired) electrons. The third kappa shape index (κ3) is 5.50. The fourth-order valence-electron chi connectivity index (χ4n) is 1.68. The van der Waals surface area contributed by atoms with Crippen LogP contribution in [0.15, 0.2) is 0 Å². The molecule has 1 amide bonds. The number of hydrogen-bond acceptors (Lipinski definition) is 2. The maximum Gasteiger partial charge on any atom is 0.237 e. The quantitative estimate of drug-likeness (QED) is 0.702. The first-order valence-corrected chi connectivity index (χ1v) is 6.48. The summed E-state index contributed by atoms with van der Waals surface area (Å²) in [6, 6.07) is -0.151. The standard InChI is InChI=1S/C13H28N2O/c1-6-9(3)8-11(5)15-13(16)12(14)10(4)7-2/h9-12H,6-8,14H2,1-5H3,(H,15,16). The third-order valence-electron chi connectivity index (χ3n) is 3.40. The van der Waals surface area contributed by atoms with Crippen LogP contribution in [0.3, 0.4) is 0 Å². The van der Waals surface area contributed by atoms with Crippen LogP contribution in [0, 0.1) is 11.8 Å². The number of carbonyl (C=O) groups is 1. The summed E-state index contributed by atoms with van der Waals surface area (Å²) < 4.78 is 0. The van der Waals surface area contributed by atoms with Gasteiger partial charge in [0.25, 0.3) is 0 Å². The average Bonchev–Trinajstić information content (AvgIpc) is 2.26. The highest BCUT2D eigenvalue weighted by Crippen LogP contribution is 2.10. The summed E-state index contributed by atoms with van der Waals surface area (Å²) in [5.41, 5.74) is 5.87. The van der Waals surface area contributed by atoms with Gasteiger partial charge in [0.15, 0.2) is 0 Å².